The molecule has 0 aliphatic heterocycles. The Bertz CT molecular complexity index is 1250. The molecule has 0 amide bonds. The van der Waals surface area contributed by atoms with Gasteiger partial charge in [0, 0.05) is 25.4 Å². The molecule has 0 N–H and O–H groups in total. The number of hydrogen-bond donors (Lipinski definition) is 0. The van der Waals surface area contributed by atoms with Gasteiger partial charge in [0.2, 0.25) is 10.0 Å². The van der Waals surface area contributed by atoms with Gasteiger partial charge in [-0.1, -0.05) is 50.1 Å². The first kappa shape index (κ1) is 23.8. The number of hydrogen-bond acceptors (Lipinski definition) is 5. The van der Waals surface area contributed by atoms with Crippen LogP contribution in [0.1, 0.15) is 62.6 Å². The van der Waals surface area contributed by atoms with Crippen molar-refractivity contribution in [2.45, 2.75) is 67.3 Å². The fourth-order valence-corrected chi connectivity index (χ4v) is 6.61. The summed E-state index contributed by atoms with van der Waals surface area (Å²) in [6, 6.07) is 15.5. The molecule has 0 radical (unpaired) electrons. The van der Waals surface area contributed by atoms with Gasteiger partial charge in [-0.2, -0.15) is 5.26 Å². The number of unbranched alkanes of at least 4 members (excludes halogenated alkanes) is 1. The van der Waals surface area contributed by atoms with Crippen LogP contribution in [0.4, 0.5) is 0 Å². The lowest BCUT2D eigenvalue weighted by Gasteiger charge is -2.18. The second kappa shape index (κ2) is 10.3. The molecule has 0 atom stereocenters. The third-order valence-electron chi connectivity index (χ3n) is 6.30. The Labute approximate surface area is 200 Å². The van der Waals surface area contributed by atoms with Gasteiger partial charge in [0.15, 0.2) is 5.16 Å². The quantitative estimate of drug-likeness (QED) is 0.364. The van der Waals surface area contributed by atoms with Gasteiger partial charge in [-0.05, 0) is 55.2 Å². The fraction of sp³-hybridized carbons (Fsp3) is 0.440. The van der Waals surface area contributed by atoms with Crippen LogP contribution in [0.3, 0.4) is 0 Å². The van der Waals surface area contributed by atoms with E-state index in [1.165, 1.54) is 17.1 Å². The highest BCUT2D eigenvalue weighted by Crippen LogP contribution is 2.38. The van der Waals surface area contributed by atoms with Gasteiger partial charge in [-0.3, -0.25) is 0 Å². The first-order chi connectivity index (χ1) is 15.9. The summed E-state index contributed by atoms with van der Waals surface area (Å²) < 4.78 is 29.9. The summed E-state index contributed by atoms with van der Waals surface area (Å²) in [4.78, 5) is 5.19. The lowest BCUT2D eigenvalue weighted by Crippen LogP contribution is -2.27. The Balaban J connectivity index is 1.66. The molecule has 1 heterocycles. The molecule has 1 aromatic heterocycles. The van der Waals surface area contributed by atoms with E-state index in [1.54, 1.807) is 30.9 Å². The normalized spacial score (nSPS) is 14.8. The highest BCUT2D eigenvalue weighted by molar-refractivity contribution is 7.98. The van der Waals surface area contributed by atoms with Gasteiger partial charge in [0.05, 0.1) is 27.6 Å². The largest absolute Gasteiger partial charge is 0.316 e. The van der Waals surface area contributed by atoms with Gasteiger partial charge in [0.25, 0.3) is 0 Å². The Morgan fingerprint density at radius 3 is 2.58 bits per heavy atom. The molecule has 0 unspecified atom stereocenters. The van der Waals surface area contributed by atoms with E-state index in [4.69, 9.17) is 10.2 Å². The maximum atomic E-state index is 13.1. The summed E-state index contributed by atoms with van der Waals surface area (Å²) >= 11 is 1.67. The molecule has 4 rings (SSSR count). The van der Waals surface area contributed by atoms with Crippen LogP contribution in [-0.2, 0) is 15.8 Å². The van der Waals surface area contributed by atoms with Gasteiger partial charge in [-0.25, -0.2) is 17.7 Å². The van der Waals surface area contributed by atoms with Crippen LogP contribution in [0.2, 0.25) is 0 Å². The molecule has 0 saturated heterocycles. The average molecular weight is 483 g/mol. The van der Waals surface area contributed by atoms with Gasteiger partial charge < -0.3 is 4.57 Å². The molecule has 1 aliphatic rings. The van der Waals surface area contributed by atoms with Crippen molar-refractivity contribution in [1.82, 2.24) is 13.9 Å². The summed E-state index contributed by atoms with van der Waals surface area (Å²) in [5, 5.41) is 9.94. The molecule has 8 heteroatoms. The van der Waals surface area contributed by atoms with Crippen molar-refractivity contribution < 1.29 is 8.42 Å². The van der Waals surface area contributed by atoms with Crippen LogP contribution in [0, 0.1) is 11.3 Å². The molecule has 1 fully saturated rings. The number of benzene rings is 2. The predicted molar refractivity (Wildman–Crippen MR) is 133 cm³/mol. The summed E-state index contributed by atoms with van der Waals surface area (Å²) in [6.45, 7) is 2.57. The molecule has 1 aliphatic carbocycles. The van der Waals surface area contributed by atoms with Crippen LogP contribution in [0.25, 0.3) is 11.0 Å². The lowest BCUT2D eigenvalue weighted by atomic mass is 10.2. The van der Waals surface area contributed by atoms with E-state index in [9.17, 15) is 8.42 Å². The monoisotopic (exact) mass is 482 g/mol. The van der Waals surface area contributed by atoms with Gasteiger partial charge in [-0.15, -0.1) is 0 Å². The SMILES string of the molecule is CCCCN(C)S(=O)(=O)c1ccc2c(c1)nc(SCc1ccc(C#N)cc1)n2C1CCCC1. The first-order valence-electron chi connectivity index (χ1n) is 11.5. The zero-order chi connectivity index (χ0) is 23.4. The molecule has 1 saturated carbocycles. The van der Waals surface area contributed by atoms with Crippen molar-refractivity contribution in [3.8, 4) is 6.07 Å². The fourth-order valence-electron chi connectivity index (χ4n) is 4.34. The second-order valence-corrected chi connectivity index (χ2v) is 11.6. The molecule has 6 nitrogen and oxygen atoms in total. The maximum absolute atomic E-state index is 13.1. The van der Waals surface area contributed by atoms with E-state index in [-0.39, 0.29) is 0 Å². The van der Waals surface area contributed by atoms with Crippen LogP contribution in [0.15, 0.2) is 52.5 Å². The molecule has 2 aromatic carbocycles. The lowest BCUT2D eigenvalue weighted by molar-refractivity contribution is 0.459. The average Bonchev–Trinajstić information content (AvgIpc) is 3.48. The van der Waals surface area contributed by atoms with E-state index < -0.39 is 10.0 Å². The van der Waals surface area contributed by atoms with Gasteiger partial charge >= 0.3 is 0 Å². The van der Waals surface area contributed by atoms with E-state index in [1.807, 2.05) is 30.3 Å². The highest BCUT2D eigenvalue weighted by Gasteiger charge is 2.25. The summed E-state index contributed by atoms with van der Waals surface area (Å²) in [5.41, 5.74) is 3.51. The Morgan fingerprint density at radius 1 is 1.18 bits per heavy atom. The summed E-state index contributed by atoms with van der Waals surface area (Å²) in [6.07, 6.45) is 6.44. The minimum Gasteiger partial charge on any atom is -0.316 e. The van der Waals surface area contributed by atoms with Crippen LogP contribution in [-0.4, -0.2) is 35.9 Å². The number of rotatable bonds is 9. The highest BCUT2D eigenvalue weighted by atomic mass is 32.2. The van der Waals surface area contributed by atoms with E-state index in [0.717, 1.165) is 53.2 Å². The van der Waals surface area contributed by atoms with Crippen molar-refractivity contribution in [3.05, 3.63) is 53.6 Å². The minimum atomic E-state index is -3.54. The van der Waals surface area contributed by atoms with Crippen LogP contribution in [0.5, 0.6) is 0 Å². The first-order valence-corrected chi connectivity index (χ1v) is 14.0. The smallest absolute Gasteiger partial charge is 0.242 e. The Kier molecular flexibility index (Phi) is 7.42. The van der Waals surface area contributed by atoms with E-state index in [0.29, 0.717) is 23.0 Å². The van der Waals surface area contributed by atoms with Crippen LogP contribution < -0.4 is 0 Å². The molecule has 33 heavy (non-hydrogen) atoms. The molecule has 3 aromatic rings. The Morgan fingerprint density at radius 2 is 1.91 bits per heavy atom. The van der Waals surface area contributed by atoms with E-state index in [2.05, 4.69) is 17.6 Å². The zero-order valence-electron chi connectivity index (χ0n) is 19.2. The number of aromatic nitrogens is 2. The minimum absolute atomic E-state index is 0.299. The molecular formula is C25H30N4O2S2. The Hall–Kier alpha value is -2.34. The topological polar surface area (TPSA) is 79.0 Å². The number of nitrogens with zero attached hydrogens (tertiary/aromatic N) is 4. The van der Waals surface area contributed by atoms with Crippen molar-refractivity contribution in [1.29, 1.82) is 5.26 Å². The van der Waals surface area contributed by atoms with Crippen molar-refractivity contribution >= 4 is 32.8 Å². The number of nitriles is 1. The second-order valence-electron chi connectivity index (χ2n) is 8.63. The summed E-state index contributed by atoms with van der Waals surface area (Å²) in [7, 11) is -1.89. The number of sulfonamides is 1. The molecule has 0 spiro atoms. The third kappa shape index (κ3) is 5.11. The summed E-state index contributed by atoms with van der Waals surface area (Å²) in [5.74, 6) is 0.743. The van der Waals surface area contributed by atoms with E-state index >= 15 is 0 Å². The van der Waals surface area contributed by atoms with Gasteiger partial charge in [0.1, 0.15) is 0 Å². The predicted octanol–water partition coefficient (Wildman–Crippen LogP) is 5.74. The van der Waals surface area contributed by atoms with Crippen molar-refractivity contribution in [2.75, 3.05) is 13.6 Å². The molecule has 0 bridgehead atoms. The van der Waals surface area contributed by atoms with Crippen LogP contribution >= 0.6 is 11.8 Å². The zero-order valence-corrected chi connectivity index (χ0v) is 20.8. The molecule has 174 valence electrons. The number of fused-ring (bicyclic) bond motifs is 1. The maximum Gasteiger partial charge on any atom is 0.242 e. The van der Waals surface area contributed by atoms with Crippen molar-refractivity contribution in [3.63, 3.8) is 0 Å². The van der Waals surface area contributed by atoms with Crippen molar-refractivity contribution in [2.24, 2.45) is 0 Å². The number of thioether (sulfide) groups is 1. The molecular weight excluding hydrogens is 452 g/mol. The standard InChI is InChI=1S/C25H30N4O2S2/c1-3-4-15-28(2)33(30,31)22-13-14-24-23(16-22)27-25(29(24)21-7-5-6-8-21)32-18-20-11-9-19(17-26)10-12-20/h9-14,16,21H,3-8,15,18H2,1-2H3. The number of imidazole rings is 1. The third-order valence-corrected chi connectivity index (χ3v) is 9.18.